The number of hydrogen-bond donors (Lipinski definition) is 0. The van der Waals surface area contributed by atoms with Gasteiger partial charge in [-0.1, -0.05) is 38.1 Å². The molecule has 0 spiro atoms. The first kappa shape index (κ1) is 11.6. The van der Waals surface area contributed by atoms with E-state index in [0.29, 0.717) is 17.7 Å². The number of fused-ring (bicyclic) bond motifs is 1. The molecule has 2 aliphatic rings. The minimum absolute atomic E-state index is 0.144. The summed E-state index contributed by atoms with van der Waals surface area (Å²) in [6.45, 7) is 3.90. The molecule has 0 aromatic carbocycles. The third kappa shape index (κ3) is 2.28. The summed E-state index contributed by atoms with van der Waals surface area (Å²) in [5.41, 5.74) is 0.257. The van der Waals surface area contributed by atoms with Crippen LogP contribution in [0.3, 0.4) is 0 Å². The highest BCUT2D eigenvalue weighted by Gasteiger charge is 2.22. The highest BCUT2D eigenvalue weighted by molar-refractivity contribution is 6.01. The topological polar surface area (TPSA) is 47.3 Å². The molecule has 0 amide bonds. The smallest absolute Gasteiger partial charge is 0.347 e. The van der Waals surface area contributed by atoms with E-state index in [1.54, 1.807) is 24.3 Å². The van der Waals surface area contributed by atoms with Gasteiger partial charge in [0, 0.05) is 12.0 Å². The molecule has 1 aliphatic carbocycles. The Bertz CT molecular complexity index is 566. The maximum absolute atomic E-state index is 12.0. The number of furan rings is 1. The quantitative estimate of drug-likeness (QED) is 0.761. The highest BCUT2D eigenvalue weighted by Crippen LogP contribution is 2.24. The fraction of sp³-hybridized carbons (Fsp3) is 0.286. The fourth-order valence-corrected chi connectivity index (χ4v) is 1.82. The molecule has 0 radical (unpaired) electrons. The summed E-state index contributed by atoms with van der Waals surface area (Å²) in [5.74, 6) is 0.548. The average molecular weight is 230 g/mol. The van der Waals surface area contributed by atoms with Crippen LogP contribution < -0.4 is 5.63 Å². The first-order valence-corrected chi connectivity index (χ1v) is 5.64. The van der Waals surface area contributed by atoms with Gasteiger partial charge < -0.3 is 4.42 Å². The SMILES string of the molecule is CC(C)CC(=O)c1c2cccccc-2oc1=O. The predicted octanol–water partition coefficient (Wildman–Crippen LogP) is 2.97. The fourth-order valence-electron chi connectivity index (χ4n) is 1.82. The Morgan fingerprint density at radius 1 is 1.24 bits per heavy atom. The molecule has 0 fully saturated rings. The van der Waals surface area contributed by atoms with Gasteiger partial charge in [-0.15, -0.1) is 0 Å². The minimum atomic E-state index is -0.531. The number of Topliss-reactive ketones (excluding diaryl/α,β-unsaturated/α-hetero) is 1. The Morgan fingerprint density at radius 3 is 2.65 bits per heavy atom. The number of carbonyl (C=O) groups is 1. The normalized spacial score (nSPS) is 11.0. The summed E-state index contributed by atoms with van der Waals surface area (Å²) in [6.07, 6.45) is 0.364. The van der Waals surface area contributed by atoms with E-state index in [-0.39, 0.29) is 17.3 Å². The third-order valence-corrected chi connectivity index (χ3v) is 2.55. The maximum Gasteiger partial charge on any atom is 0.347 e. The lowest BCUT2D eigenvalue weighted by Crippen LogP contribution is -2.12. The highest BCUT2D eigenvalue weighted by atomic mass is 16.4. The van der Waals surface area contributed by atoms with Crippen molar-refractivity contribution in [2.24, 2.45) is 5.92 Å². The Hall–Kier alpha value is -1.90. The zero-order chi connectivity index (χ0) is 12.4. The molecule has 0 saturated carbocycles. The maximum atomic E-state index is 12.0. The average Bonchev–Trinajstić information content (AvgIpc) is 2.42. The molecular weight excluding hydrogens is 216 g/mol. The van der Waals surface area contributed by atoms with Crippen molar-refractivity contribution in [2.45, 2.75) is 20.3 Å². The van der Waals surface area contributed by atoms with E-state index in [2.05, 4.69) is 0 Å². The molecular formula is C14H14O3. The summed E-state index contributed by atoms with van der Waals surface area (Å²) >= 11 is 0. The largest absolute Gasteiger partial charge is 0.422 e. The van der Waals surface area contributed by atoms with Crippen LogP contribution in [-0.2, 0) is 0 Å². The van der Waals surface area contributed by atoms with Crippen molar-refractivity contribution in [1.82, 2.24) is 0 Å². The van der Waals surface area contributed by atoms with Gasteiger partial charge in [0.05, 0.1) is 0 Å². The second-order valence-corrected chi connectivity index (χ2v) is 4.47. The molecule has 0 saturated heterocycles. The van der Waals surface area contributed by atoms with Crippen LogP contribution in [0.2, 0.25) is 0 Å². The summed E-state index contributed by atoms with van der Waals surface area (Å²) < 4.78 is 5.09. The van der Waals surface area contributed by atoms with Crippen molar-refractivity contribution in [3.8, 4) is 11.3 Å². The molecule has 1 heterocycles. The van der Waals surface area contributed by atoms with Gasteiger partial charge in [0.1, 0.15) is 11.3 Å². The van der Waals surface area contributed by atoms with Crippen LogP contribution in [0.1, 0.15) is 30.6 Å². The Labute approximate surface area is 99.4 Å². The van der Waals surface area contributed by atoms with Crippen LogP contribution in [0.25, 0.3) is 11.3 Å². The van der Waals surface area contributed by atoms with Crippen LogP contribution in [0, 0.1) is 5.92 Å². The second-order valence-electron chi connectivity index (χ2n) is 4.47. The van der Waals surface area contributed by atoms with E-state index < -0.39 is 5.63 Å². The van der Waals surface area contributed by atoms with Gasteiger partial charge in [0.2, 0.25) is 0 Å². The molecule has 3 nitrogen and oxygen atoms in total. The molecule has 3 heteroatoms. The minimum Gasteiger partial charge on any atom is -0.422 e. The van der Waals surface area contributed by atoms with Crippen LogP contribution in [0.5, 0.6) is 0 Å². The van der Waals surface area contributed by atoms with Crippen LogP contribution >= 0.6 is 0 Å². The van der Waals surface area contributed by atoms with E-state index in [4.69, 9.17) is 4.42 Å². The first-order chi connectivity index (χ1) is 8.09. The molecule has 17 heavy (non-hydrogen) atoms. The lowest BCUT2D eigenvalue weighted by atomic mass is 9.99. The van der Waals surface area contributed by atoms with Gasteiger partial charge in [-0.25, -0.2) is 4.79 Å². The van der Waals surface area contributed by atoms with Crippen molar-refractivity contribution < 1.29 is 9.21 Å². The Balaban J connectivity index is 2.54. The second kappa shape index (κ2) is 4.53. The van der Waals surface area contributed by atoms with E-state index in [0.717, 1.165) is 0 Å². The van der Waals surface area contributed by atoms with Gasteiger partial charge in [-0.2, -0.15) is 0 Å². The van der Waals surface area contributed by atoms with Crippen molar-refractivity contribution >= 4 is 5.78 Å². The van der Waals surface area contributed by atoms with Gasteiger partial charge >= 0.3 is 5.63 Å². The standard InChI is InChI=1S/C14H14O3/c1-9(2)8-11(15)13-10-6-4-3-5-7-12(10)17-14(13)16/h3-7,9H,8H2,1-2H3. The molecule has 88 valence electrons. The van der Waals surface area contributed by atoms with Crippen molar-refractivity contribution in [3.63, 3.8) is 0 Å². The monoisotopic (exact) mass is 230 g/mol. The predicted molar refractivity (Wildman–Crippen MR) is 65.4 cm³/mol. The first-order valence-electron chi connectivity index (χ1n) is 5.64. The summed E-state index contributed by atoms with van der Waals surface area (Å²) in [4.78, 5) is 23.7. The molecule has 2 rings (SSSR count). The summed E-state index contributed by atoms with van der Waals surface area (Å²) in [7, 11) is 0. The van der Waals surface area contributed by atoms with Crippen LogP contribution in [0.15, 0.2) is 39.5 Å². The van der Waals surface area contributed by atoms with Crippen LogP contribution in [-0.4, -0.2) is 5.78 Å². The molecule has 0 atom stereocenters. The summed E-state index contributed by atoms with van der Waals surface area (Å²) in [6, 6.07) is 8.85. The van der Waals surface area contributed by atoms with Gasteiger partial charge in [-0.3, -0.25) is 4.79 Å². The molecule has 0 aromatic heterocycles. The number of hydrogen-bond acceptors (Lipinski definition) is 3. The third-order valence-electron chi connectivity index (χ3n) is 2.55. The zero-order valence-electron chi connectivity index (χ0n) is 9.90. The van der Waals surface area contributed by atoms with Crippen molar-refractivity contribution in [1.29, 1.82) is 0 Å². The van der Waals surface area contributed by atoms with E-state index in [9.17, 15) is 9.59 Å². The lowest BCUT2D eigenvalue weighted by Gasteiger charge is -2.01. The molecule has 0 unspecified atom stereocenters. The number of rotatable bonds is 3. The van der Waals surface area contributed by atoms with E-state index in [1.165, 1.54) is 0 Å². The number of ketones is 1. The number of carbonyl (C=O) groups excluding carboxylic acids is 1. The molecule has 1 aliphatic heterocycles. The molecule has 0 aromatic rings. The van der Waals surface area contributed by atoms with E-state index >= 15 is 0 Å². The van der Waals surface area contributed by atoms with Gasteiger partial charge in [0.25, 0.3) is 0 Å². The van der Waals surface area contributed by atoms with Crippen molar-refractivity contribution in [2.75, 3.05) is 0 Å². The van der Waals surface area contributed by atoms with Crippen LogP contribution in [0.4, 0.5) is 0 Å². The Kier molecular flexibility index (Phi) is 3.09. The van der Waals surface area contributed by atoms with E-state index in [1.807, 2.05) is 19.9 Å². The lowest BCUT2D eigenvalue weighted by molar-refractivity contribution is 0.0966. The summed E-state index contributed by atoms with van der Waals surface area (Å²) in [5, 5.41) is 0. The Morgan fingerprint density at radius 2 is 1.94 bits per heavy atom. The molecule has 0 bridgehead atoms. The van der Waals surface area contributed by atoms with Crippen molar-refractivity contribution in [3.05, 3.63) is 46.3 Å². The van der Waals surface area contributed by atoms with Gasteiger partial charge in [0.15, 0.2) is 5.78 Å². The molecule has 0 N–H and O–H groups in total. The zero-order valence-corrected chi connectivity index (χ0v) is 9.90. The van der Waals surface area contributed by atoms with Gasteiger partial charge in [-0.05, 0) is 12.0 Å².